The van der Waals surface area contributed by atoms with Crippen LogP contribution in [0.3, 0.4) is 0 Å². The Morgan fingerprint density at radius 1 is 1.43 bits per heavy atom. The molecule has 0 saturated carbocycles. The Balaban J connectivity index is 1.80. The lowest BCUT2D eigenvalue weighted by molar-refractivity contribution is 0.132. The smallest absolute Gasteiger partial charge is 0.317 e. The number of halogens is 1. The van der Waals surface area contributed by atoms with E-state index in [2.05, 4.69) is 33.4 Å². The molecule has 4 nitrogen and oxygen atoms in total. The van der Waals surface area contributed by atoms with Crippen molar-refractivity contribution in [1.29, 1.82) is 0 Å². The first kappa shape index (κ1) is 16.3. The van der Waals surface area contributed by atoms with Crippen LogP contribution in [-0.2, 0) is 6.42 Å². The van der Waals surface area contributed by atoms with E-state index in [-0.39, 0.29) is 18.7 Å². The molecule has 0 radical (unpaired) electrons. The van der Waals surface area contributed by atoms with Crippen LogP contribution in [0.15, 0.2) is 28.7 Å². The number of aliphatic hydroxyl groups is 1. The van der Waals surface area contributed by atoms with Gasteiger partial charge in [-0.05, 0) is 49.8 Å². The first-order valence-electron chi connectivity index (χ1n) is 7.60. The van der Waals surface area contributed by atoms with E-state index in [4.69, 9.17) is 5.11 Å². The molecule has 1 saturated heterocycles. The number of benzene rings is 1. The van der Waals surface area contributed by atoms with Gasteiger partial charge in [0, 0.05) is 30.2 Å². The molecule has 2 rings (SSSR count). The highest BCUT2D eigenvalue weighted by Gasteiger charge is 2.25. The second kappa shape index (κ2) is 8.39. The van der Waals surface area contributed by atoms with Gasteiger partial charge in [0.05, 0.1) is 0 Å². The zero-order valence-electron chi connectivity index (χ0n) is 12.2. The van der Waals surface area contributed by atoms with Crippen LogP contribution in [0.1, 0.15) is 31.2 Å². The number of amides is 2. The van der Waals surface area contributed by atoms with Gasteiger partial charge >= 0.3 is 6.03 Å². The Morgan fingerprint density at radius 3 is 3.05 bits per heavy atom. The molecule has 0 aromatic heterocycles. The second-order valence-electron chi connectivity index (χ2n) is 5.47. The summed E-state index contributed by atoms with van der Waals surface area (Å²) in [6, 6.07) is 8.32. The number of carbonyl (C=O) groups is 1. The van der Waals surface area contributed by atoms with Crippen LogP contribution in [0.2, 0.25) is 0 Å². The lowest BCUT2D eigenvalue weighted by Gasteiger charge is -2.35. The van der Waals surface area contributed by atoms with Gasteiger partial charge in [0.2, 0.25) is 0 Å². The Labute approximate surface area is 134 Å². The minimum Gasteiger partial charge on any atom is -0.396 e. The van der Waals surface area contributed by atoms with E-state index in [1.54, 1.807) is 0 Å². The Bertz CT molecular complexity index is 465. The zero-order valence-corrected chi connectivity index (χ0v) is 13.8. The van der Waals surface area contributed by atoms with E-state index in [1.807, 2.05) is 17.0 Å². The van der Waals surface area contributed by atoms with E-state index in [9.17, 15) is 4.79 Å². The Hall–Kier alpha value is -1.07. The molecular formula is C16H23BrN2O2. The number of urea groups is 1. The second-order valence-corrected chi connectivity index (χ2v) is 6.38. The van der Waals surface area contributed by atoms with Crippen molar-refractivity contribution in [2.45, 2.75) is 38.1 Å². The largest absolute Gasteiger partial charge is 0.396 e. The summed E-state index contributed by atoms with van der Waals surface area (Å²) in [5.41, 5.74) is 1.20. The number of nitrogens with zero attached hydrogens (tertiary/aromatic N) is 1. The molecule has 0 bridgehead atoms. The third-order valence-electron chi connectivity index (χ3n) is 3.93. The summed E-state index contributed by atoms with van der Waals surface area (Å²) in [6.07, 6.45) is 4.70. The highest BCUT2D eigenvalue weighted by molar-refractivity contribution is 9.10. The van der Waals surface area contributed by atoms with Crippen molar-refractivity contribution < 1.29 is 9.90 Å². The molecule has 1 unspecified atom stereocenters. The average molecular weight is 355 g/mol. The normalized spacial score (nSPS) is 18.6. The van der Waals surface area contributed by atoms with Gasteiger partial charge in [0.15, 0.2) is 0 Å². The maximum Gasteiger partial charge on any atom is 0.317 e. The fourth-order valence-electron chi connectivity index (χ4n) is 2.82. The van der Waals surface area contributed by atoms with Gasteiger partial charge in [-0.3, -0.25) is 0 Å². The molecule has 1 aliphatic heterocycles. The molecule has 2 amide bonds. The predicted octanol–water partition coefficient (Wildman–Crippen LogP) is 2.94. The van der Waals surface area contributed by atoms with Gasteiger partial charge in [0.1, 0.15) is 0 Å². The van der Waals surface area contributed by atoms with Crippen molar-refractivity contribution in [1.82, 2.24) is 10.2 Å². The number of hydrogen-bond donors (Lipinski definition) is 2. The van der Waals surface area contributed by atoms with Crippen molar-refractivity contribution in [3.8, 4) is 0 Å². The number of carbonyl (C=O) groups excluding carboxylic acids is 1. The van der Waals surface area contributed by atoms with Gasteiger partial charge in [-0.2, -0.15) is 0 Å². The van der Waals surface area contributed by atoms with Gasteiger partial charge < -0.3 is 15.3 Å². The van der Waals surface area contributed by atoms with Crippen LogP contribution >= 0.6 is 15.9 Å². The topological polar surface area (TPSA) is 52.6 Å². The van der Waals surface area contributed by atoms with E-state index in [0.29, 0.717) is 13.0 Å². The predicted molar refractivity (Wildman–Crippen MR) is 87.3 cm³/mol. The van der Waals surface area contributed by atoms with Crippen LogP contribution in [0.5, 0.6) is 0 Å². The monoisotopic (exact) mass is 354 g/mol. The molecular weight excluding hydrogens is 332 g/mol. The maximum absolute atomic E-state index is 12.3. The molecule has 1 aliphatic rings. The highest BCUT2D eigenvalue weighted by Crippen LogP contribution is 2.19. The van der Waals surface area contributed by atoms with Crippen molar-refractivity contribution >= 4 is 22.0 Å². The number of aliphatic hydroxyl groups excluding tert-OH is 1. The molecule has 1 aromatic carbocycles. The molecule has 116 valence electrons. The Morgan fingerprint density at radius 2 is 2.29 bits per heavy atom. The SMILES string of the molecule is O=C(NCCc1cccc(Br)c1)N1CCCCC1CCO. The molecule has 5 heteroatoms. The van der Waals surface area contributed by atoms with E-state index >= 15 is 0 Å². The summed E-state index contributed by atoms with van der Waals surface area (Å²) >= 11 is 3.45. The maximum atomic E-state index is 12.3. The summed E-state index contributed by atoms with van der Waals surface area (Å²) in [5.74, 6) is 0. The van der Waals surface area contributed by atoms with Gasteiger partial charge in [-0.15, -0.1) is 0 Å². The Kier molecular flexibility index (Phi) is 6.51. The number of likely N-dealkylation sites (tertiary alicyclic amines) is 1. The minimum absolute atomic E-state index is 0.00291. The van der Waals surface area contributed by atoms with Crippen molar-refractivity contribution in [2.75, 3.05) is 19.7 Å². The molecule has 1 fully saturated rings. The fraction of sp³-hybridized carbons (Fsp3) is 0.562. The molecule has 2 N–H and O–H groups in total. The third kappa shape index (κ3) is 5.00. The molecule has 21 heavy (non-hydrogen) atoms. The minimum atomic E-state index is 0.00291. The summed E-state index contributed by atoms with van der Waals surface area (Å²) < 4.78 is 1.06. The van der Waals surface area contributed by atoms with Gasteiger partial charge in [-0.1, -0.05) is 28.1 Å². The van der Waals surface area contributed by atoms with Gasteiger partial charge in [-0.25, -0.2) is 4.79 Å². The number of nitrogens with one attached hydrogen (secondary N) is 1. The lowest BCUT2D eigenvalue weighted by Crippen LogP contribution is -2.49. The standard InChI is InChI=1S/C16H23BrN2O2/c17-14-5-3-4-13(12-14)7-9-18-16(21)19-10-2-1-6-15(19)8-11-20/h3-5,12,15,20H,1-2,6-11H2,(H,18,21). The molecule has 0 aliphatic carbocycles. The summed E-state index contributed by atoms with van der Waals surface area (Å²) in [6.45, 7) is 1.58. The number of piperidine rings is 1. The van der Waals surface area contributed by atoms with E-state index in [1.165, 1.54) is 5.56 Å². The van der Waals surface area contributed by atoms with Crippen LogP contribution in [0.25, 0.3) is 0 Å². The first-order valence-corrected chi connectivity index (χ1v) is 8.40. The van der Waals surface area contributed by atoms with Crippen LogP contribution in [0.4, 0.5) is 4.79 Å². The quantitative estimate of drug-likeness (QED) is 0.853. The lowest BCUT2D eigenvalue weighted by atomic mass is 10.0. The summed E-state index contributed by atoms with van der Waals surface area (Å²) in [7, 11) is 0. The molecule has 0 spiro atoms. The van der Waals surface area contributed by atoms with E-state index in [0.717, 1.165) is 36.7 Å². The van der Waals surface area contributed by atoms with Crippen LogP contribution in [0, 0.1) is 0 Å². The van der Waals surface area contributed by atoms with Gasteiger partial charge in [0.25, 0.3) is 0 Å². The number of rotatable bonds is 5. The molecule has 1 atom stereocenters. The third-order valence-corrected chi connectivity index (χ3v) is 4.42. The first-order chi connectivity index (χ1) is 10.2. The summed E-state index contributed by atoms with van der Waals surface area (Å²) in [5, 5.41) is 12.1. The fourth-order valence-corrected chi connectivity index (χ4v) is 3.27. The van der Waals surface area contributed by atoms with Crippen molar-refractivity contribution in [3.63, 3.8) is 0 Å². The molecule has 1 heterocycles. The molecule has 1 aromatic rings. The van der Waals surface area contributed by atoms with Crippen LogP contribution < -0.4 is 5.32 Å². The average Bonchev–Trinajstić information content (AvgIpc) is 2.48. The van der Waals surface area contributed by atoms with Crippen molar-refractivity contribution in [2.24, 2.45) is 0 Å². The highest BCUT2D eigenvalue weighted by atomic mass is 79.9. The van der Waals surface area contributed by atoms with E-state index < -0.39 is 0 Å². The summed E-state index contributed by atoms with van der Waals surface area (Å²) in [4.78, 5) is 14.2. The van der Waals surface area contributed by atoms with Crippen LogP contribution in [-0.4, -0.2) is 41.8 Å². The zero-order chi connectivity index (χ0) is 15.1. The van der Waals surface area contributed by atoms with Crippen molar-refractivity contribution in [3.05, 3.63) is 34.3 Å². The number of hydrogen-bond acceptors (Lipinski definition) is 2.